The monoisotopic (exact) mass is 380 g/mol. The Bertz CT molecular complexity index is 625. The Balaban J connectivity index is 0.00000196. The normalized spacial score (nSPS) is 29.9. The zero-order chi connectivity index (χ0) is 17.2. The lowest BCUT2D eigenvalue weighted by Gasteiger charge is -2.43. The van der Waals surface area contributed by atoms with Crippen LogP contribution < -0.4 is 20.5 Å². The van der Waals surface area contributed by atoms with E-state index in [-0.39, 0.29) is 24.2 Å². The van der Waals surface area contributed by atoms with E-state index in [1.165, 1.54) is 19.3 Å². The molecule has 26 heavy (non-hydrogen) atoms. The Morgan fingerprint density at radius 2 is 1.85 bits per heavy atom. The van der Waals surface area contributed by atoms with Crippen molar-refractivity contribution in [2.24, 2.45) is 23.5 Å². The van der Waals surface area contributed by atoms with Crippen molar-refractivity contribution in [2.75, 3.05) is 13.2 Å². The molecular weight excluding hydrogens is 352 g/mol. The van der Waals surface area contributed by atoms with Crippen LogP contribution in [0.15, 0.2) is 18.2 Å². The highest BCUT2D eigenvalue weighted by Gasteiger charge is 2.40. The summed E-state index contributed by atoms with van der Waals surface area (Å²) in [6.07, 6.45) is 6.39. The van der Waals surface area contributed by atoms with Crippen LogP contribution in [0.3, 0.4) is 0 Å². The summed E-state index contributed by atoms with van der Waals surface area (Å²) < 4.78 is 11.6. The Labute approximate surface area is 161 Å². The molecule has 1 aromatic rings. The summed E-state index contributed by atoms with van der Waals surface area (Å²) in [7, 11) is 0. The molecule has 1 heterocycles. The minimum absolute atomic E-state index is 0. The van der Waals surface area contributed by atoms with Crippen LogP contribution in [0.2, 0.25) is 0 Å². The number of fused-ring (bicyclic) bond motifs is 3. The molecule has 144 valence electrons. The maximum absolute atomic E-state index is 12.7. The number of nitrogens with two attached hydrogens (primary N) is 1. The predicted octanol–water partition coefficient (Wildman–Crippen LogP) is 3.04. The van der Waals surface area contributed by atoms with Gasteiger partial charge in [0.25, 0.3) is 0 Å². The highest BCUT2D eigenvalue weighted by atomic mass is 35.5. The number of hydrogen-bond donors (Lipinski definition) is 2. The number of carbonyl (C=O) groups excluding carboxylic acids is 1. The standard InChI is InChI=1S/C20H28N2O3.ClH/c21-18-13-4-1-5-14(18)11-16(10-13)20(23)22-12-15-6-2-7-17-19(15)25-9-3-8-24-17;/h2,6-7,13-14,16,18H,1,3-5,8-12,21H2,(H,22,23);1H. The van der Waals surface area contributed by atoms with Gasteiger partial charge >= 0.3 is 0 Å². The van der Waals surface area contributed by atoms with E-state index < -0.39 is 0 Å². The lowest BCUT2D eigenvalue weighted by molar-refractivity contribution is -0.128. The molecule has 2 aliphatic carbocycles. The number of para-hydroxylation sites is 1. The average Bonchev–Trinajstić information content (AvgIpc) is 2.85. The number of amides is 1. The Morgan fingerprint density at radius 1 is 1.12 bits per heavy atom. The number of halogens is 1. The van der Waals surface area contributed by atoms with Gasteiger partial charge in [-0.05, 0) is 43.6 Å². The molecule has 6 heteroatoms. The van der Waals surface area contributed by atoms with E-state index in [0.717, 1.165) is 36.3 Å². The molecule has 0 saturated heterocycles. The first-order valence-corrected chi connectivity index (χ1v) is 9.63. The van der Waals surface area contributed by atoms with Gasteiger partial charge in [0, 0.05) is 30.5 Å². The Hall–Kier alpha value is -1.46. The van der Waals surface area contributed by atoms with Crippen molar-refractivity contribution in [1.29, 1.82) is 0 Å². The quantitative estimate of drug-likeness (QED) is 0.845. The second kappa shape index (κ2) is 8.49. The van der Waals surface area contributed by atoms with Crippen molar-refractivity contribution in [3.63, 3.8) is 0 Å². The second-order valence-corrected chi connectivity index (χ2v) is 7.71. The van der Waals surface area contributed by atoms with Gasteiger partial charge in [-0.1, -0.05) is 18.6 Å². The van der Waals surface area contributed by atoms with Crippen LogP contribution in [0.5, 0.6) is 11.5 Å². The van der Waals surface area contributed by atoms with E-state index in [4.69, 9.17) is 15.2 Å². The number of benzene rings is 1. The molecular formula is C20H29ClN2O3. The number of ether oxygens (including phenoxy) is 2. The van der Waals surface area contributed by atoms with Crippen molar-refractivity contribution in [1.82, 2.24) is 5.32 Å². The van der Waals surface area contributed by atoms with E-state index in [1.807, 2.05) is 18.2 Å². The molecule has 0 aromatic heterocycles. The molecule has 3 N–H and O–H groups in total. The molecule has 2 bridgehead atoms. The van der Waals surface area contributed by atoms with Crippen LogP contribution in [-0.4, -0.2) is 25.2 Å². The van der Waals surface area contributed by atoms with E-state index in [2.05, 4.69) is 5.32 Å². The van der Waals surface area contributed by atoms with E-state index >= 15 is 0 Å². The molecule has 0 spiro atoms. The van der Waals surface area contributed by atoms with Crippen LogP contribution in [0.1, 0.15) is 44.1 Å². The zero-order valence-corrected chi connectivity index (χ0v) is 15.9. The van der Waals surface area contributed by atoms with Crippen molar-refractivity contribution in [3.8, 4) is 11.5 Å². The first kappa shape index (κ1) is 19.3. The van der Waals surface area contributed by atoms with Gasteiger partial charge in [0.05, 0.1) is 13.2 Å². The first-order chi connectivity index (χ1) is 12.2. The number of carbonyl (C=O) groups is 1. The van der Waals surface area contributed by atoms with Crippen LogP contribution in [0.4, 0.5) is 0 Å². The molecule has 3 aliphatic rings. The number of hydrogen-bond acceptors (Lipinski definition) is 4. The molecule has 2 saturated carbocycles. The molecule has 1 aliphatic heterocycles. The summed E-state index contributed by atoms with van der Waals surface area (Å²) >= 11 is 0. The average molecular weight is 381 g/mol. The van der Waals surface area contributed by atoms with Crippen LogP contribution >= 0.6 is 12.4 Å². The highest BCUT2D eigenvalue weighted by Crippen LogP contribution is 2.42. The lowest BCUT2D eigenvalue weighted by Crippen LogP contribution is -2.49. The van der Waals surface area contributed by atoms with Crippen LogP contribution in [-0.2, 0) is 11.3 Å². The molecule has 2 unspecified atom stereocenters. The topological polar surface area (TPSA) is 73.6 Å². The van der Waals surface area contributed by atoms with Gasteiger partial charge in [0.2, 0.25) is 5.91 Å². The summed E-state index contributed by atoms with van der Waals surface area (Å²) in [6.45, 7) is 1.82. The fourth-order valence-electron chi connectivity index (χ4n) is 4.72. The second-order valence-electron chi connectivity index (χ2n) is 7.71. The number of nitrogens with one attached hydrogen (secondary N) is 1. The van der Waals surface area contributed by atoms with E-state index in [0.29, 0.717) is 37.6 Å². The van der Waals surface area contributed by atoms with Crippen molar-refractivity contribution in [3.05, 3.63) is 23.8 Å². The van der Waals surface area contributed by atoms with Gasteiger partial charge in [0.1, 0.15) is 0 Å². The van der Waals surface area contributed by atoms with E-state index in [9.17, 15) is 4.79 Å². The third-order valence-electron chi connectivity index (χ3n) is 6.09. The van der Waals surface area contributed by atoms with Crippen molar-refractivity contribution in [2.45, 2.75) is 51.1 Å². The van der Waals surface area contributed by atoms with Gasteiger partial charge in [-0.25, -0.2) is 0 Å². The fourth-order valence-corrected chi connectivity index (χ4v) is 4.72. The first-order valence-electron chi connectivity index (χ1n) is 9.63. The highest BCUT2D eigenvalue weighted by molar-refractivity contribution is 5.85. The SMILES string of the molecule is Cl.NC1C2CCCC1CC(C(=O)NCc1cccc3c1OCCCO3)C2. The molecule has 4 rings (SSSR count). The molecule has 1 amide bonds. The van der Waals surface area contributed by atoms with Crippen molar-refractivity contribution >= 4 is 18.3 Å². The molecule has 2 fully saturated rings. The van der Waals surface area contributed by atoms with E-state index in [1.54, 1.807) is 0 Å². The van der Waals surface area contributed by atoms with Crippen LogP contribution in [0, 0.1) is 17.8 Å². The third kappa shape index (κ3) is 3.94. The maximum Gasteiger partial charge on any atom is 0.223 e. The predicted molar refractivity (Wildman–Crippen MR) is 103 cm³/mol. The summed E-state index contributed by atoms with van der Waals surface area (Å²) in [5, 5.41) is 3.13. The van der Waals surface area contributed by atoms with Gasteiger partial charge in [-0.3, -0.25) is 4.79 Å². The Morgan fingerprint density at radius 3 is 2.62 bits per heavy atom. The molecule has 1 aromatic carbocycles. The van der Waals surface area contributed by atoms with Gasteiger partial charge in [-0.15, -0.1) is 12.4 Å². The minimum Gasteiger partial charge on any atom is -0.490 e. The van der Waals surface area contributed by atoms with Gasteiger partial charge < -0.3 is 20.5 Å². The summed E-state index contributed by atoms with van der Waals surface area (Å²) in [6, 6.07) is 6.18. The summed E-state index contributed by atoms with van der Waals surface area (Å²) in [5.74, 6) is 2.87. The van der Waals surface area contributed by atoms with Gasteiger partial charge in [-0.2, -0.15) is 0 Å². The van der Waals surface area contributed by atoms with Crippen molar-refractivity contribution < 1.29 is 14.3 Å². The molecule has 2 atom stereocenters. The maximum atomic E-state index is 12.7. The largest absolute Gasteiger partial charge is 0.490 e. The molecule has 0 radical (unpaired) electrons. The van der Waals surface area contributed by atoms with Gasteiger partial charge in [0.15, 0.2) is 11.5 Å². The number of rotatable bonds is 3. The molecule has 5 nitrogen and oxygen atoms in total. The summed E-state index contributed by atoms with van der Waals surface area (Å²) in [5.41, 5.74) is 7.33. The Kier molecular flexibility index (Phi) is 6.30. The third-order valence-corrected chi connectivity index (χ3v) is 6.09. The van der Waals surface area contributed by atoms with Crippen LogP contribution in [0.25, 0.3) is 0 Å². The zero-order valence-electron chi connectivity index (χ0n) is 15.1. The minimum atomic E-state index is 0. The summed E-state index contributed by atoms with van der Waals surface area (Å²) in [4.78, 5) is 12.7. The lowest BCUT2D eigenvalue weighted by atomic mass is 9.65. The smallest absolute Gasteiger partial charge is 0.223 e. The fraction of sp³-hybridized carbons (Fsp3) is 0.650.